The van der Waals surface area contributed by atoms with Gasteiger partial charge in [0.1, 0.15) is 5.75 Å². The quantitative estimate of drug-likeness (QED) is 0.806. The Kier molecular flexibility index (Phi) is 3.75. The number of benzene rings is 2. The van der Waals surface area contributed by atoms with E-state index in [-0.39, 0.29) is 12.5 Å². The van der Waals surface area contributed by atoms with Gasteiger partial charge >= 0.3 is 0 Å². The molecule has 2 aromatic carbocycles. The van der Waals surface area contributed by atoms with Gasteiger partial charge in [0, 0.05) is 5.69 Å². The fraction of sp³-hybridized carbons (Fsp3) is 0.188. The maximum Gasteiger partial charge on any atom is 0.267 e. The first kappa shape index (κ1) is 13.5. The first-order valence-electron chi connectivity index (χ1n) is 6.76. The molecule has 1 unspecified atom stereocenters. The summed E-state index contributed by atoms with van der Waals surface area (Å²) in [4.78, 5) is 12.2. The molecule has 1 amide bonds. The molecule has 108 valence electrons. The predicted molar refractivity (Wildman–Crippen MR) is 80.3 cm³/mol. The van der Waals surface area contributed by atoms with Crippen LogP contribution in [0.4, 0.5) is 11.4 Å². The molecule has 0 saturated carbocycles. The third-order valence-electron chi connectivity index (χ3n) is 3.33. The molecule has 1 atom stereocenters. The van der Waals surface area contributed by atoms with Crippen LogP contribution in [0.15, 0.2) is 48.5 Å². The minimum atomic E-state index is -0.572. The number of ether oxygens (including phenoxy) is 1. The Morgan fingerprint density at radius 3 is 2.76 bits per heavy atom. The van der Waals surface area contributed by atoms with Gasteiger partial charge in [-0.25, -0.2) is 0 Å². The Hall–Kier alpha value is -2.53. The van der Waals surface area contributed by atoms with E-state index in [0.29, 0.717) is 18.0 Å². The molecule has 0 aliphatic carbocycles. The zero-order valence-corrected chi connectivity index (χ0v) is 11.4. The maximum atomic E-state index is 12.2. The van der Waals surface area contributed by atoms with E-state index in [4.69, 9.17) is 9.84 Å². The Bertz CT molecular complexity index is 640. The van der Waals surface area contributed by atoms with Gasteiger partial charge in [-0.1, -0.05) is 24.3 Å². The van der Waals surface area contributed by atoms with E-state index in [1.54, 1.807) is 24.3 Å². The molecule has 0 aromatic heterocycles. The van der Waals surface area contributed by atoms with Gasteiger partial charge in [0.25, 0.3) is 5.91 Å². The van der Waals surface area contributed by atoms with Crippen molar-refractivity contribution in [2.75, 3.05) is 17.2 Å². The van der Waals surface area contributed by atoms with E-state index in [2.05, 4.69) is 10.6 Å². The monoisotopic (exact) mass is 284 g/mol. The molecule has 0 saturated heterocycles. The molecule has 1 aliphatic heterocycles. The van der Waals surface area contributed by atoms with Crippen molar-refractivity contribution in [3.63, 3.8) is 0 Å². The highest BCUT2D eigenvalue weighted by Gasteiger charge is 2.25. The highest BCUT2D eigenvalue weighted by Crippen LogP contribution is 2.28. The van der Waals surface area contributed by atoms with E-state index in [0.717, 1.165) is 11.3 Å². The van der Waals surface area contributed by atoms with Gasteiger partial charge in [-0.15, -0.1) is 0 Å². The molecule has 2 aromatic rings. The lowest BCUT2D eigenvalue weighted by Crippen LogP contribution is -2.41. The number of carbonyl (C=O) groups is 1. The van der Waals surface area contributed by atoms with Crippen molar-refractivity contribution in [2.24, 2.45) is 0 Å². The summed E-state index contributed by atoms with van der Waals surface area (Å²) in [7, 11) is 0. The molecule has 0 radical (unpaired) electrons. The van der Waals surface area contributed by atoms with Crippen LogP contribution in [0, 0.1) is 0 Å². The molecule has 1 heterocycles. The molecule has 1 aliphatic rings. The van der Waals surface area contributed by atoms with E-state index < -0.39 is 6.10 Å². The minimum absolute atomic E-state index is 0.0132. The number of para-hydroxylation sites is 2. The summed E-state index contributed by atoms with van der Waals surface area (Å²) in [5.74, 6) is 0.480. The van der Waals surface area contributed by atoms with Crippen LogP contribution in [-0.2, 0) is 11.4 Å². The van der Waals surface area contributed by atoms with Crippen LogP contribution in [0.1, 0.15) is 5.56 Å². The summed E-state index contributed by atoms with van der Waals surface area (Å²) < 4.78 is 5.70. The molecule has 0 spiro atoms. The first-order valence-corrected chi connectivity index (χ1v) is 6.76. The predicted octanol–water partition coefficient (Wildman–Crippen LogP) is 1.99. The van der Waals surface area contributed by atoms with Crippen LogP contribution in [0.2, 0.25) is 0 Å². The van der Waals surface area contributed by atoms with E-state index in [1.165, 1.54) is 0 Å². The average Bonchev–Trinajstić information content (AvgIpc) is 2.55. The molecule has 0 fully saturated rings. The van der Waals surface area contributed by atoms with Gasteiger partial charge in [0.2, 0.25) is 0 Å². The van der Waals surface area contributed by atoms with Crippen molar-refractivity contribution >= 4 is 17.3 Å². The number of nitrogens with one attached hydrogen (secondary N) is 2. The summed E-state index contributed by atoms with van der Waals surface area (Å²) in [6.07, 6.45) is -0.572. The highest BCUT2D eigenvalue weighted by atomic mass is 16.5. The molecule has 5 heteroatoms. The zero-order valence-electron chi connectivity index (χ0n) is 11.4. The normalized spacial score (nSPS) is 16.3. The van der Waals surface area contributed by atoms with E-state index in [1.807, 2.05) is 24.3 Å². The molecule has 3 rings (SSSR count). The van der Waals surface area contributed by atoms with Crippen LogP contribution in [-0.4, -0.2) is 23.7 Å². The summed E-state index contributed by atoms with van der Waals surface area (Å²) >= 11 is 0. The van der Waals surface area contributed by atoms with Crippen LogP contribution in [0.3, 0.4) is 0 Å². The van der Waals surface area contributed by atoms with Crippen molar-refractivity contribution < 1.29 is 14.6 Å². The number of anilines is 2. The standard InChI is InChI=1S/C16H16N2O3/c19-10-11-5-7-12(8-6-11)18-16(20)15-9-17-13-3-1-2-4-14(13)21-15/h1-8,15,17,19H,9-10H2,(H,18,20). The molecule has 0 bridgehead atoms. The topological polar surface area (TPSA) is 70.6 Å². The summed E-state index contributed by atoms with van der Waals surface area (Å²) in [5.41, 5.74) is 2.38. The molecular weight excluding hydrogens is 268 g/mol. The number of hydrogen-bond donors (Lipinski definition) is 3. The van der Waals surface area contributed by atoms with Crippen LogP contribution >= 0.6 is 0 Å². The van der Waals surface area contributed by atoms with E-state index >= 15 is 0 Å². The fourth-order valence-corrected chi connectivity index (χ4v) is 2.18. The smallest absolute Gasteiger partial charge is 0.267 e. The van der Waals surface area contributed by atoms with E-state index in [9.17, 15) is 4.79 Å². The number of hydrogen-bond acceptors (Lipinski definition) is 4. The number of amides is 1. The second-order valence-electron chi connectivity index (χ2n) is 4.83. The van der Waals surface area contributed by atoms with Gasteiger partial charge in [0.05, 0.1) is 18.8 Å². The van der Waals surface area contributed by atoms with Crippen molar-refractivity contribution in [3.8, 4) is 5.75 Å². The second-order valence-corrected chi connectivity index (χ2v) is 4.83. The average molecular weight is 284 g/mol. The largest absolute Gasteiger partial charge is 0.477 e. The third-order valence-corrected chi connectivity index (χ3v) is 3.33. The number of carbonyl (C=O) groups excluding carboxylic acids is 1. The zero-order chi connectivity index (χ0) is 14.7. The lowest BCUT2D eigenvalue weighted by molar-refractivity contribution is -0.122. The molecule has 3 N–H and O–H groups in total. The maximum absolute atomic E-state index is 12.2. The first-order chi connectivity index (χ1) is 10.3. The van der Waals surface area contributed by atoms with Gasteiger partial charge in [-0.2, -0.15) is 0 Å². The fourth-order valence-electron chi connectivity index (χ4n) is 2.18. The Labute approximate surface area is 122 Å². The lowest BCUT2D eigenvalue weighted by Gasteiger charge is -2.26. The Morgan fingerprint density at radius 1 is 1.24 bits per heavy atom. The number of aliphatic hydroxyl groups excluding tert-OH is 1. The molecular formula is C16H16N2O3. The van der Waals surface area contributed by atoms with Crippen molar-refractivity contribution in [1.29, 1.82) is 0 Å². The summed E-state index contributed by atoms with van der Waals surface area (Å²) in [6.45, 7) is 0.415. The van der Waals surface area contributed by atoms with Crippen LogP contribution < -0.4 is 15.4 Å². The highest BCUT2D eigenvalue weighted by molar-refractivity contribution is 5.95. The summed E-state index contributed by atoms with van der Waals surface area (Å²) in [6, 6.07) is 14.6. The second kappa shape index (κ2) is 5.85. The molecule has 5 nitrogen and oxygen atoms in total. The van der Waals surface area contributed by atoms with Gasteiger partial charge < -0.3 is 20.5 Å². The van der Waals surface area contributed by atoms with Gasteiger partial charge in [0.15, 0.2) is 6.10 Å². The van der Waals surface area contributed by atoms with Crippen LogP contribution in [0.25, 0.3) is 0 Å². The lowest BCUT2D eigenvalue weighted by atomic mass is 10.2. The van der Waals surface area contributed by atoms with Gasteiger partial charge in [-0.3, -0.25) is 4.79 Å². The number of fused-ring (bicyclic) bond motifs is 1. The molecule has 21 heavy (non-hydrogen) atoms. The van der Waals surface area contributed by atoms with Crippen molar-refractivity contribution in [1.82, 2.24) is 0 Å². The minimum Gasteiger partial charge on any atom is -0.477 e. The van der Waals surface area contributed by atoms with Gasteiger partial charge in [-0.05, 0) is 29.8 Å². The summed E-state index contributed by atoms with van der Waals surface area (Å²) in [5, 5.41) is 15.0. The van der Waals surface area contributed by atoms with Crippen molar-refractivity contribution in [3.05, 3.63) is 54.1 Å². The third kappa shape index (κ3) is 2.98. The van der Waals surface area contributed by atoms with Crippen LogP contribution in [0.5, 0.6) is 5.75 Å². The van der Waals surface area contributed by atoms with Crippen molar-refractivity contribution in [2.45, 2.75) is 12.7 Å². The Balaban J connectivity index is 1.66. The Morgan fingerprint density at radius 2 is 2.00 bits per heavy atom. The number of aliphatic hydroxyl groups is 1. The number of rotatable bonds is 3. The SMILES string of the molecule is O=C(Nc1ccc(CO)cc1)C1CNc2ccccc2O1.